The number of hydrogen-bond donors (Lipinski definition) is 0. The highest BCUT2D eigenvalue weighted by Crippen LogP contribution is 2.28. The fourth-order valence-electron chi connectivity index (χ4n) is 4.07. The number of sulfone groups is 1. The number of carbonyl (C=O) groups is 1. The van der Waals surface area contributed by atoms with Crippen LogP contribution in [0.4, 0.5) is 10.6 Å². The van der Waals surface area contributed by atoms with Crippen molar-refractivity contribution in [3.63, 3.8) is 0 Å². The van der Waals surface area contributed by atoms with Crippen molar-refractivity contribution in [2.45, 2.75) is 50.2 Å². The minimum Gasteiger partial charge on any atom is -0.444 e. The van der Waals surface area contributed by atoms with Crippen LogP contribution in [-0.2, 0) is 14.6 Å². The van der Waals surface area contributed by atoms with Crippen LogP contribution in [0.3, 0.4) is 0 Å². The molecule has 1 amide bonds. The second kappa shape index (κ2) is 8.86. The second-order valence-corrected chi connectivity index (χ2v) is 11.6. The summed E-state index contributed by atoms with van der Waals surface area (Å²) in [5.41, 5.74) is 0.832. The number of nitrogens with zero attached hydrogens (tertiary/aromatic N) is 6. The van der Waals surface area contributed by atoms with Crippen LogP contribution in [0.2, 0.25) is 0 Å². The van der Waals surface area contributed by atoms with Gasteiger partial charge in [0, 0.05) is 32.4 Å². The first kappa shape index (κ1) is 23.9. The van der Waals surface area contributed by atoms with Gasteiger partial charge < -0.3 is 14.5 Å². The fourth-order valence-corrected chi connectivity index (χ4v) is 4.70. The maximum absolute atomic E-state index is 12.4. The molecular formula is C23H30N6O4S. The van der Waals surface area contributed by atoms with E-state index in [2.05, 4.69) is 20.0 Å². The molecule has 1 aliphatic heterocycles. The molecule has 0 N–H and O–H groups in total. The van der Waals surface area contributed by atoms with Gasteiger partial charge in [0.25, 0.3) is 0 Å². The minimum atomic E-state index is -3.27. The van der Waals surface area contributed by atoms with Gasteiger partial charge in [0.2, 0.25) is 0 Å². The molecule has 11 heteroatoms. The summed E-state index contributed by atoms with van der Waals surface area (Å²) in [6.45, 7) is 6.83. The number of fused-ring (bicyclic) bond motifs is 1. The lowest BCUT2D eigenvalue weighted by Crippen LogP contribution is -2.47. The Balaban J connectivity index is 1.52. The highest BCUT2D eigenvalue weighted by Gasteiger charge is 2.29. The molecule has 1 aliphatic rings. The number of piperidine rings is 1. The average Bonchev–Trinajstić information content (AvgIpc) is 3.21. The topological polar surface area (TPSA) is 111 Å². The molecule has 4 rings (SSSR count). The third-order valence-electron chi connectivity index (χ3n) is 5.85. The summed E-state index contributed by atoms with van der Waals surface area (Å²) in [4.78, 5) is 25.4. The SMILES string of the molecule is CN(c1ncnc2c1cnn2-c1ccc(S(C)(=O)=O)cc1)C1CCN(C(=O)OC(C)(C)C)CC1. The fraction of sp³-hybridized carbons (Fsp3) is 0.478. The standard InChI is InChI=1S/C23H30N6O4S/c1-23(2,3)33-22(30)28-12-10-16(11-13-28)27(4)20-19-14-26-29(21(19)25-15-24-20)17-6-8-18(9-7-17)34(5,31)32/h6-9,14-16H,10-13H2,1-5H3. The predicted octanol–water partition coefficient (Wildman–Crippen LogP) is 3.05. The number of aromatic nitrogens is 4. The molecular weight excluding hydrogens is 456 g/mol. The van der Waals surface area contributed by atoms with Gasteiger partial charge in [-0.05, 0) is 57.9 Å². The Morgan fingerprint density at radius 1 is 1.12 bits per heavy atom. The summed E-state index contributed by atoms with van der Waals surface area (Å²) >= 11 is 0. The zero-order valence-electron chi connectivity index (χ0n) is 20.1. The molecule has 0 aliphatic carbocycles. The van der Waals surface area contributed by atoms with E-state index in [4.69, 9.17) is 4.74 Å². The molecule has 1 saturated heterocycles. The molecule has 0 atom stereocenters. The van der Waals surface area contributed by atoms with E-state index in [1.54, 1.807) is 40.0 Å². The molecule has 3 heterocycles. The number of ether oxygens (including phenoxy) is 1. The molecule has 10 nitrogen and oxygen atoms in total. The van der Waals surface area contributed by atoms with Crippen LogP contribution in [0, 0.1) is 0 Å². The van der Waals surface area contributed by atoms with E-state index < -0.39 is 15.4 Å². The van der Waals surface area contributed by atoms with Crippen molar-refractivity contribution in [3.05, 3.63) is 36.8 Å². The molecule has 0 saturated carbocycles. The van der Waals surface area contributed by atoms with Crippen molar-refractivity contribution >= 4 is 32.8 Å². The van der Waals surface area contributed by atoms with Gasteiger partial charge in [-0.1, -0.05) is 0 Å². The molecule has 0 radical (unpaired) electrons. The molecule has 1 fully saturated rings. The predicted molar refractivity (Wildman–Crippen MR) is 129 cm³/mol. The lowest BCUT2D eigenvalue weighted by atomic mass is 10.0. The average molecular weight is 487 g/mol. The van der Waals surface area contributed by atoms with Crippen molar-refractivity contribution in [2.75, 3.05) is 31.3 Å². The first-order valence-corrected chi connectivity index (χ1v) is 13.0. The van der Waals surface area contributed by atoms with Gasteiger partial charge in [0.15, 0.2) is 15.5 Å². The van der Waals surface area contributed by atoms with Crippen LogP contribution >= 0.6 is 0 Å². The number of hydrogen-bond acceptors (Lipinski definition) is 8. The lowest BCUT2D eigenvalue weighted by Gasteiger charge is -2.37. The largest absolute Gasteiger partial charge is 0.444 e. The van der Waals surface area contributed by atoms with Crippen LogP contribution in [0.15, 0.2) is 41.7 Å². The van der Waals surface area contributed by atoms with Crippen LogP contribution < -0.4 is 4.90 Å². The summed E-state index contributed by atoms with van der Waals surface area (Å²) in [5.74, 6) is 0.764. The number of benzene rings is 1. The van der Waals surface area contributed by atoms with Crippen LogP contribution in [0.5, 0.6) is 0 Å². The van der Waals surface area contributed by atoms with E-state index in [1.165, 1.54) is 12.6 Å². The summed E-state index contributed by atoms with van der Waals surface area (Å²) in [6.07, 6.45) is 5.72. The third-order valence-corrected chi connectivity index (χ3v) is 6.98. The Kier molecular flexibility index (Phi) is 6.24. The normalized spacial score (nSPS) is 15.5. The molecule has 0 spiro atoms. The van der Waals surface area contributed by atoms with Crippen molar-refractivity contribution in [1.82, 2.24) is 24.6 Å². The van der Waals surface area contributed by atoms with Gasteiger partial charge in [-0.25, -0.2) is 27.9 Å². The number of carbonyl (C=O) groups excluding carboxylic acids is 1. The monoisotopic (exact) mass is 486 g/mol. The van der Waals surface area contributed by atoms with Crippen LogP contribution in [0.1, 0.15) is 33.6 Å². The Morgan fingerprint density at radius 3 is 2.35 bits per heavy atom. The maximum Gasteiger partial charge on any atom is 0.410 e. The first-order chi connectivity index (χ1) is 15.9. The van der Waals surface area contributed by atoms with Gasteiger partial charge in [-0.2, -0.15) is 5.10 Å². The maximum atomic E-state index is 12.4. The zero-order valence-corrected chi connectivity index (χ0v) is 20.9. The Hall–Kier alpha value is -3.21. The smallest absolute Gasteiger partial charge is 0.410 e. The Morgan fingerprint density at radius 2 is 1.76 bits per heavy atom. The van der Waals surface area contributed by atoms with Crippen LogP contribution in [-0.4, -0.2) is 77.2 Å². The summed E-state index contributed by atoms with van der Waals surface area (Å²) in [7, 11) is -1.28. The van der Waals surface area contributed by atoms with Gasteiger partial charge >= 0.3 is 6.09 Å². The molecule has 0 bridgehead atoms. The minimum absolute atomic E-state index is 0.203. The first-order valence-electron chi connectivity index (χ1n) is 11.1. The summed E-state index contributed by atoms with van der Waals surface area (Å²) < 4.78 is 30.7. The van der Waals surface area contributed by atoms with Crippen molar-refractivity contribution in [3.8, 4) is 5.69 Å². The van der Waals surface area contributed by atoms with Gasteiger partial charge in [0.05, 0.1) is 22.2 Å². The summed E-state index contributed by atoms with van der Waals surface area (Å²) in [6, 6.07) is 6.74. The molecule has 0 unspecified atom stereocenters. The molecule has 3 aromatic rings. The lowest BCUT2D eigenvalue weighted by molar-refractivity contribution is 0.0205. The Bertz CT molecular complexity index is 1290. The van der Waals surface area contributed by atoms with Crippen molar-refractivity contribution in [2.24, 2.45) is 0 Å². The number of anilines is 1. The molecule has 34 heavy (non-hydrogen) atoms. The van der Waals surface area contributed by atoms with E-state index in [1.807, 2.05) is 27.8 Å². The van der Waals surface area contributed by atoms with Gasteiger partial charge in [-0.3, -0.25) is 0 Å². The van der Waals surface area contributed by atoms with E-state index in [9.17, 15) is 13.2 Å². The molecule has 2 aromatic heterocycles. The second-order valence-electron chi connectivity index (χ2n) is 9.57. The van der Waals surface area contributed by atoms with E-state index >= 15 is 0 Å². The van der Waals surface area contributed by atoms with E-state index in [0.717, 1.165) is 24.0 Å². The number of amides is 1. The quantitative estimate of drug-likeness (QED) is 0.553. The summed E-state index contributed by atoms with van der Waals surface area (Å²) in [5, 5.41) is 5.28. The number of rotatable bonds is 4. The highest BCUT2D eigenvalue weighted by atomic mass is 32.2. The van der Waals surface area contributed by atoms with E-state index in [0.29, 0.717) is 24.4 Å². The van der Waals surface area contributed by atoms with Crippen molar-refractivity contribution < 1.29 is 17.9 Å². The Labute approximate surface area is 199 Å². The molecule has 1 aromatic carbocycles. The number of likely N-dealkylation sites (tertiary alicyclic amines) is 1. The van der Waals surface area contributed by atoms with E-state index in [-0.39, 0.29) is 17.0 Å². The van der Waals surface area contributed by atoms with Crippen LogP contribution in [0.25, 0.3) is 16.7 Å². The third kappa shape index (κ3) is 4.98. The highest BCUT2D eigenvalue weighted by molar-refractivity contribution is 7.90. The van der Waals surface area contributed by atoms with Gasteiger partial charge in [-0.15, -0.1) is 0 Å². The van der Waals surface area contributed by atoms with Gasteiger partial charge in [0.1, 0.15) is 17.7 Å². The molecule has 182 valence electrons. The zero-order chi connectivity index (χ0) is 24.7. The van der Waals surface area contributed by atoms with Crippen molar-refractivity contribution in [1.29, 1.82) is 0 Å².